The van der Waals surface area contributed by atoms with Crippen LogP contribution in [0.15, 0.2) is 22.7 Å². The molecule has 0 radical (unpaired) electrons. The van der Waals surface area contributed by atoms with Gasteiger partial charge in [0.15, 0.2) is 0 Å². The van der Waals surface area contributed by atoms with Gasteiger partial charge in [0.05, 0.1) is 5.69 Å². The van der Waals surface area contributed by atoms with Crippen LogP contribution in [0.4, 0.5) is 5.69 Å². The summed E-state index contributed by atoms with van der Waals surface area (Å²) in [5.74, 6) is 0.603. The molecule has 19 heavy (non-hydrogen) atoms. The van der Waals surface area contributed by atoms with Crippen molar-refractivity contribution in [3.8, 4) is 0 Å². The van der Waals surface area contributed by atoms with Crippen molar-refractivity contribution < 1.29 is 5.11 Å². The lowest BCUT2D eigenvalue weighted by Gasteiger charge is -2.47. The van der Waals surface area contributed by atoms with Crippen molar-refractivity contribution in [1.82, 2.24) is 0 Å². The molecule has 1 aromatic carbocycles. The Morgan fingerprint density at radius 1 is 1.42 bits per heavy atom. The highest BCUT2D eigenvalue weighted by Gasteiger charge is 2.34. The Morgan fingerprint density at radius 2 is 2.16 bits per heavy atom. The molecule has 1 heterocycles. The smallest absolute Gasteiger partial charge is 0.0515 e. The van der Waals surface area contributed by atoms with Crippen molar-refractivity contribution in [2.24, 2.45) is 5.92 Å². The van der Waals surface area contributed by atoms with Gasteiger partial charge in [-0.2, -0.15) is 0 Å². The van der Waals surface area contributed by atoms with Crippen LogP contribution in [-0.2, 0) is 0 Å². The number of rotatable bonds is 3. The summed E-state index contributed by atoms with van der Waals surface area (Å²) in [6.07, 6.45) is 3.31. The molecule has 1 saturated heterocycles. The Kier molecular flexibility index (Phi) is 4.57. The van der Waals surface area contributed by atoms with Crippen LogP contribution in [0.3, 0.4) is 0 Å². The number of hydrogen-bond donors (Lipinski definition) is 1. The third-order valence-electron chi connectivity index (χ3n) is 4.27. The van der Waals surface area contributed by atoms with Gasteiger partial charge in [-0.3, -0.25) is 0 Å². The van der Waals surface area contributed by atoms with E-state index in [4.69, 9.17) is 5.11 Å². The average molecular weight is 326 g/mol. The van der Waals surface area contributed by atoms with Crippen molar-refractivity contribution in [2.75, 3.05) is 18.1 Å². The van der Waals surface area contributed by atoms with Gasteiger partial charge in [0, 0.05) is 23.2 Å². The molecule has 1 N–H and O–H groups in total. The van der Waals surface area contributed by atoms with Gasteiger partial charge in [-0.25, -0.2) is 0 Å². The van der Waals surface area contributed by atoms with E-state index in [2.05, 4.69) is 59.8 Å². The summed E-state index contributed by atoms with van der Waals surface area (Å²) in [6, 6.07) is 6.56. The number of aryl methyl sites for hydroxylation is 1. The molecule has 1 fully saturated rings. The van der Waals surface area contributed by atoms with Gasteiger partial charge in [0.2, 0.25) is 0 Å². The maximum absolute atomic E-state index is 9.17. The van der Waals surface area contributed by atoms with Crippen LogP contribution < -0.4 is 4.90 Å². The van der Waals surface area contributed by atoms with E-state index in [9.17, 15) is 0 Å². The van der Waals surface area contributed by atoms with Crippen molar-refractivity contribution in [2.45, 2.75) is 45.6 Å². The number of benzene rings is 1. The van der Waals surface area contributed by atoms with Crippen LogP contribution in [0.2, 0.25) is 0 Å². The lowest BCUT2D eigenvalue weighted by molar-refractivity contribution is 0.217. The van der Waals surface area contributed by atoms with E-state index in [0.29, 0.717) is 12.5 Å². The predicted molar refractivity (Wildman–Crippen MR) is 84.7 cm³/mol. The minimum atomic E-state index is 0.184. The van der Waals surface area contributed by atoms with Crippen LogP contribution in [0.5, 0.6) is 0 Å². The summed E-state index contributed by atoms with van der Waals surface area (Å²) in [5.41, 5.74) is 2.74. The number of anilines is 1. The molecule has 2 nitrogen and oxygen atoms in total. The van der Waals surface area contributed by atoms with E-state index in [-0.39, 0.29) is 5.54 Å². The van der Waals surface area contributed by atoms with Crippen LogP contribution in [-0.4, -0.2) is 23.8 Å². The molecule has 3 heteroatoms. The first kappa shape index (κ1) is 14.9. The van der Waals surface area contributed by atoms with Crippen LogP contribution in [0, 0.1) is 12.8 Å². The normalized spacial score (nSPS) is 22.6. The summed E-state index contributed by atoms with van der Waals surface area (Å²) in [6.45, 7) is 8.08. The Labute approximate surface area is 124 Å². The number of aliphatic hydroxyl groups excluding tert-OH is 1. The second-order valence-electron chi connectivity index (χ2n) is 6.29. The number of hydrogen-bond acceptors (Lipinski definition) is 2. The fraction of sp³-hybridized carbons (Fsp3) is 0.625. The van der Waals surface area contributed by atoms with E-state index in [0.717, 1.165) is 13.0 Å². The highest BCUT2D eigenvalue weighted by molar-refractivity contribution is 9.10. The molecule has 0 aliphatic carbocycles. The quantitative estimate of drug-likeness (QED) is 0.902. The number of aliphatic hydroxyl groups is 1. The second kappa shape index (κ2) is 5.84. The summed E-state index contributed by atoms with van der Waals surface area (Å²) in [4.78, 5) is 2.50. The van der Waals surface area contributed by atoms with Gasteiger partial charge in [-0.05, 0) is 79.6 Å². The Bertz CT molecular complexity index is 444. The summed E-state index contributed by atoms with van der Waals surface area (Å²) >= 11 is 3.70. The lowest BCUT2D eigenvalue weighted by atomic mass is 9.83. The highest BCUT2D eigenvalue weighted by atomic mass is 79.9. The number of nitrogens with zero attached hydrogens (tertiary/aromatic N) is 1. The first-order valence-corrected chi connectivity index (χ1v) is 7.88. The molecule has 1 aliphatic heterocycles. The molecular weight excluding hydrogens is 302 g/mol. The molecule has 0 bridgehead atoms. The maximum atomic E-state index is 9.17. The summed E-state index contributed by atoms with van der Waals surface area (Å²) in [5, 5.41) is 9.17. The van der Waals surface area contributed by atoms with Gasteiger partial charge in [0.25, 0.3) is 0 Å². The van der Waals surface area contributed by atoms with E-state index in [1.54, 1.807) is 0 Å². The molecule has 0 aromatic heterocycles. The third kappa shape index (κ3) is 3.32. The van der Waals surface area contributed by atoms with E-state index >= 15 is 0 Å². The van der Waals surface area contributed by atoms with Crippen molar-refractivity contribution in [3.63, 3.8) is 0 Å². The zero-order valence-corrected chi connectivity index (χ0v) is 13.7. The molecular formula is C16H24BrNO. The van der Waals surface area contributed by atoms with Crippen LogP contribution in [0.1, 0.15) is 38.7 Å². The number of halogens is 1. The highest BCUT2D eigenvalue weighted by Crippen LogP contribution is 2.39. The zero-order chi connectivity index (χ0) is 14.0. The standard InChI is InChI=1S/C16H24BrNO/c1-12-4-5-15(14(17)10-12)18-11-13(7-9-19)6-8-16(18,2)3/h4-5,10,13,19H,6-9,11H2,1-3H3. The molecule has 2 rings (SSSR count). The van der Waals surface area contributed by atoms with Crippen LogP contribution in [0.25, 0.3) is 0 Å². The van der Waals surface area contributed by atoms with E-state index < -0.39 is 0 Å². The maximum Gasteiger partial charge on any atom is 0.0515 e. The molecule has 106 valence electrons. The Balaban J connectivity index is 2.27. The fourth-order valence-corrected chi connectivity index (χ4v) is 3.67. The first-order chi connectivity index (χ1) is 8.94. The summed E-state index contributed by atoms with van der Waals surface area (Å²) < 4.78 is 1.17. The SMILES string of the molecule is Cc1ccc(N2CC(CCO)CCC2(C)C)c(Br)c1. The van der Waals surface area contributed by atoms with Crippen molar-refractivity contribution in [1.29, 1.82) is 0 Å². The van der Waals surface area contributed by atoms with Crippen molar-refractivity contribution >= 4 is 21.6 Å². The Hall–Kier alpha value is -0.540. The molecule has 1 aromatic rings. The van der Waals surface area contributed by atoms with E-state index in [1.165, 1.54) is 28.6 Å². The lowest BCUT2D eigenvalue weighted by Crippen LogP contribution is -2.51. The first-order valence-electron chi connectivity index (χ1n) is 7.08. The van der Waals surface area contributed by atoms with Gasteiger partial charge < -0.3 is 10.0 Å². The molecule has 1 unspecified atom stereocenters. The monoisotopic (exact) mass is 325 g/mol. The summed E-state index contributed by atoms with van der Waals surface area (Å²) in [7, 11) is 0. The minimum Gasteiger partial charge on any atom is -0.396 e. The van der Waals surface area contributed by atoms with Gasteiger partial charge >= 0.3 is 0 Å². The number of piperidine rings is 1. The van der Waals surface area contributed by atoms with Crippen molar-refractivity contribution in [3.05, 3.63) is 28.2 Å². The molecule has 0 saturated carbocycles. The average Bonchev–Trinajstić information content (AvgIpc) is 2.32. The van der Waals surface area contributed by atoms with Crippen LogP contribution >= 0.6 is 15.9 Å². The van der Waals surface area contributed by atoms with Gasteiger partial charge in [-0.15, -0.1) is 0 Å². The third-order valence-corrected chi connectivity index (χ3v) is 4.90. The topological polar surface area (TPSA) is 23.5 Å². The fourth-order valence-electron chi connectivity index (χ4n) is 2.96. The minimum absolute atomic E-state index is 0.184. The Morgan fingerprint density at radius 3 is 2.79 bits per heavy atom. The second-order valence-corrected chi connectivity index (χ2v) is 7.15. The largest absolute Gasteiger partial charge is 0.396 e. The van der Waals surface area contributed by atoms with E-state index in [1.807, 2.05) is 0 Å². The van der Waals surface area contributed by atoms with Gasteiger partial charge in [-0.1, -0.05) is 6.07 Å². The van der Waals surface area contributed by atoms with Gasteiger partial charge in [0.1, 0.15) is 0 Å². The molecule has 1 atom stereocenters. The zero-order valence-electron chi connectivity index (χ0n) is 12.1. The predicted octanol–water partition coefficient (Wildman–Crippen LogP) is 4.13. The molecule has 0 spiro atoms. The molecule has 1 aliphatic rings. The molecule has 0 amide bonds.